The van der Waals surface area contributed by atoms with E-state index in [0.29, 0.717) is 25.9 Å². The second-order valence-electron chi connectivity index (χ2n) is 14.2. The van der Waals surface area contributed by atoms with E-state index < -0.39 is 6.10 Å². The molecule has 0 amide bonds. The van der Waals surface area contributed by atoms with Gasteiger partial charge in [0.15, 0.2) is 6.10 Å². The molecule has 300 valence electrons. The van der Waals surface area contributed by atoms with Crippen molar-refractivity contribution in [3.8, 4) is 0 Å². The van der Waals surface area contributed by atoms with Crippen LogP contribution in [-0.4, -0.2) is 37.9 Å². The van der Waals surface area contributed by atoms with Crippen molar-refractivity contribution in [2.75, 3.05) is 19.8 Å². The van der Waals surface area contributed by atoms with Gasteiger partial charge in [0.2, 0.25) is 0 Å². The third-order valence-corrected chi connectivity index (χ3v) is 9.05. The zero-order valence-electron chi connectivity index (χ0n) is 34.3. The molecule has 5 nitrogen and oxygen atoms in total. The minimum atomic E-state index is -0.564. The van der Waals surface area contributed by atoms with Gasteiger partial charge in [0.25, 0.3) is 0 Å². The Morgan fingerprint density at radius 3 is 1.52 bits per heavy atom. The Morgan fingerprint density at radius 1 is 0.442 bits per heavy atom. The van der Waals surface area contributed by atoms with Gasteiger partial charge in [0.05, 0.1) is 6.61 Å². The first kappa shape index (κ1) is 49.6. The van der Waals surface area contributed by atoms with E-state index in [1.165, 1.54) is 96.3 Å². The van der Waals surface area contributed by atoms with Crippen molar-refractivity contribution in [3.63, 3.8) is 0 Å². The number of esters is 2. The largest absolute Gasteiger partial charge is 0.462 e. The molecule has 0 bridgehead atoms. The predicted molar refractivity (Wildman–Crippen MR) is 224 cm³/mol. The molecule has 0 saturated heterocycles. The molecule has 0 spiro atoms. The van der Waals surface area contributed by atoms with Gasteiger partial charge in [-0.1, -0.05) is 184 Å². The topological polar surface area (TPSA) is 61.8 Å². The molecule has 5 heteroatoms. The number of ether oxygens (including phenoxy) is 3. The Labute approximate surface area is 322 Å². The summed E-state index contributed by atoms with van der Waals surface area (Å²) in [6.45, 7) is 7.59. The second-order valence-corrected chi connectivity index (χ2v) is 14.2. The SMILES string of the molecule is CC/C=C\C/C=C\C/C=C\C/C=C\CCC(=O)OCC(COCCCCCCCCCCCCCC)OC(=O)CCCCCCC/C=C\CCCC. The Kier molecular flexibility index (Phi) is 41.0. The lowest BCUT2D eigenvalue weighted by atomic mass is 10.1. The van der Waals surface area contributed by atoms with Gasteiger partial charge in [-0.05, 0) is 64.2 Å². The van der Waals surface area contributed by atoms with E-state index >= 15 is 0 Å². The summed E-state index contributed by atoms with van der Waals surface area (Å²) >= 11 is 0. The summed E-state index contributed by atoms with van der Waals surface area (Å²) < 4.78 is 17.2. The van der Waals surface area contributed by atoms with E-state index in [2.05, 4.69) is 75.5 Å². The van der Waals surface area contributed by atoms with E-state index in [9.17, 15) is 9.59 Å². The van der Waals surface area contributed by atoms with Crippen LogP contribution in [0.5, 0.6) is 0 Å². The highest BCUT2D eigenvalue weighted by molar-refractivity contribution is 5.70. The van der Waals surface area contributed by atoms with Crippen molar-refractivity contribution < 1.29 is 23.8 Å². The number of hydrogen-bond donors (Lipinski definition) is 0. The van der Waals surface area contributed by atoms with E-state index in [0.717, 1.165) is 64.2 Å². The number of rotatable bonds is 39. The first-order chi connectivity index (χ1) is 25.6. The first-order valence-electron chi connectivity index (χ1n) is 21.8. The lowest BCUT2D eigenvalue weighted by Crippen LogP contribution is -2.30. The number of carbonyl (C=O) groups is 2. The number of hydrogen-bond acceptors (Lipinski definition) is 5. The number of allylic oxidation sites excluding steroid dienone is 10. The fourth-order valence-corrected chi connectivity index (χ4v) is 5.80. The molecule has 0 heterocycles. The van der Waals surface area contributed by atoms with Crippen LogP contribution in [-0.2, 0) is 23.8 Å². The van der Waals surface area contributed by atoms with E-state index in [4.69, 9.17) is 14.2 Å². The fraction of sp³-hybridized carbons (Fsp3) is 0.745. The molecule has 0 rings (SSSR count). The van der Waals surface area contributed by atoms with Gasteiger partial charge in [0.1, 0.15) is 6.61 Å². The van der Waals surface area contributed by atoms with Gasteiger partial charge in [-0.2, -0.15) is 0 Å². The quantitative estimate of drug-likeness (QED) is 0.0358. The van der Waals surface area contributed by atoms with Crippen molar-refractivity contribution in [1.82, 2.24) is 0 Å². The van der Waals surface area contributed by atoms with Gasteiger partial charge in [0, 0.05) is 19.4 Å². The smallest absolute Gasteiger partial charge is 0.306 e. The van der Waals surface area contributed by atoms with Crippen LogP contribution in [0.3, 0.4) is 0 Å². The highest BCUT2D eigenvalue weighted by atomic mass is 16.6. The monoisotopic (exact) mass is 727 g/mol. The zero-order chi connectivity index (χ0) is 37.8. The van der Waals surface area contributed by atoms with Crippen LogP contribution in [0.2, 0.25) is 0 Å². The molecule has 1 atom stereocenters. The van der Waals surface area contributed by atoms with Crippen molar-refractivity contribution in [1.29, 1.82) is 0 Å². The summed E-state index contributed by atoms with van der Waals surface area (Å²) in [7, 11) is 0. The van der Waals surface area contributed by atoms with Crippen LogP contribution in [0, 0.1) is 0 Å². The number of unbranched alkanes of at least 4 members (excludes halogenated alkanes) is 18. The zero-order valence-corrected chi connectivity index (χ0v) is 34.3. The molecular weight excluding hydrogens is 645 g/mol. The minimum Gasteiger partial charge on any atom is -0.462 e. The molecule has 0 aliphatic heterocycles. The maximum absolute atomic E-state index is 12.7. The maximum atomic E-state index is 12.7. The number of carbonyl (C=O) groups excluding carboxylic acids is 2. The van der Waals surface area contributed by atoms with Crippen molar-refractivity contribution in [2.45, 2.75) is 207 Å². The lowest BCUT2D eigenvalue weighted by molar-refractivity contribution is -0.162. The molecule has 0 N–H and O–H groups in total. The molecule has 0 radical (unpaired) electrons. The average Bonchev–Trinajstić information content (AvgIpc) is 3.14. The molecular formula is C47H82O5. The van der Waals surface area contributed by atoms with E-state index in [1.54, 1.807) is 0 Å². The summed E-state index contributed by atoms with van der Waals surface area (Å²) in [6, 6.07) is 0. The molecule has 0 aromatic carbocycles. The first-order valence-corrected chi connectivity index (χ1v) is 21.8. The van der Waals surface area contributed by atoms with Crippen molar-refractivity contribution in [3.05, 3.63) is 60.8 Å². The van der Waals surface area contributed by atoms with E-state index in [-0.39, 0.29) is 25.2 Å². The summed E-state index contributed by atoms with van der Waals surface area (Å²) in [5.74, 6) is -0.502. The Hall–Kier alpha value is -2.40. The Morgan fingerprint density at radius 2 is 0.923 bits per heavy atom. The van der Waals surface area contributed by atoms with Gasteiger partial charge < -0.3 is 14.2 Å². The van der Waals surface area contributed by atoms with Crippen LogP contribution in [0.4, 0.5) is 0 Å². The summed E-state index contributed by atoms with van der Waals surface area (Å²) in [4.78, 5) is 25.1. The van der Waals surface area contributed by atoms with Gasteiger partial charge >= 0.3 is 11.9 Å². The van der Waals surface area contributed by atoms with Crippen LogP contribution >= 0.6 is 0 Å². The van der Waals surface area contributed by atoms with Gasteiger partial charge in [-0.3, -0.25) is 9.59 Å². The standard InChI is InChI=1S/C47H82O5/c1-4-7-10-13-16-19-22-24-26-28-31-34-37-40-46(48)51-44-45(43-50-42-39-36-33-30-27-23-20-17-14-11-8-5-2)52-47(49)41-38-35-32-29-25-21-18-15-12-9-6-3/h7,10,15-16,18-19,24,26,31,34,45H,4-6,8-9,11-14,17,20-23,25,27-30,32-33,35-44H2,1-3H3/b10-7-,18-15-,19-16-,26-24-,34-31-. The third kappa shape index (κ3) is 40.4. The normalized spacial score (nSPS) is 12.8. The Balaban J connectivity index is 4.36. The van der Waals surface area contributed by atoms with Crippen molar-refractivity contribution >= 4 is 11.9 Å². The molecule has 1 unspecified atom stereocenters. The molecule has 0 aromatic heterocycles. The molecule has 52 heavy (non-hydrogen) atoms. The average molecular weight is 727 g/mol. The third-order valence-electron chi connectivity index (χ3n) is 9.05. The van der Waals surface area contributed by atoms with Crippen LogP contribution < -0.4 is 0 Å². The van der Waals surface area contributed by atoms with Crippen LogP contribution in [0.15, 0.2) is 60.8 Å². The molecule has 0 aliphatic carbocycles. The fourth-order valence-electron chi connectivity index (χ4n) is 5.80. The summed E-state index contributed by atoms with van der Waals surface area (Å²) in [6.07, 6.45) is 52.3. The van der Waals surface area contributed by atoms with Crippen LogP contribution in [0.25, 0.3) is 0 Å². The minimum absolute atomic E-state index is 0.0446. The lowest BCUT2D eigenvalue weighted by Gasteiger charge is -2.18. The summed E-state index contributed by atoms with van der Waals surface area (Å²) in [5.41, 5.74) is 0. The molecule has 0 aliphatic rings. The molecule has 0 fully saturated rings. The summed E-state index contributed by atoms with van der Waals surface area (Å²) in [5, 5.41) is 0. The Bertz CT molecular complexity index is 915. The second kappa shape index (κ2) is 43.0. The predicted octanol–water partition coefficient (Wildman–Crippen LogP) is 14.2. The maximum Gasteiger partial charge on any atom is 0.306 e. The van der Waals surface area contributed by atoms with Crippen LogP contribution in [0.1, 0.15) is 201 Å². The molecule has 0 aromatic rings. The van der Waals surface area contributed by atoms with E-state index in [1.807, 2.05) is 6.08 Å². The highest BCUT2D eigenvalue weighted by Crippen LogP contribution is 2.13. The van der Waals surface area contributed by atoms with Gasteiger partial charge in [-0.15, -0.1) is 0 Å². The molecule has 0 saturated carbocycles. The highest BCUT2D eigenvalue weighted by Gasteiger charge is 2.17. The van der Waals surface area contributed by atoms with Crippen molar-refractivity contribution in [2.24, 2.45) is 0 Å². The van der Waals surface area contributed by atoms with Gasteiger partial charge in [-0.25, -0.2) is 0 Å².